The number of nitrogens with zero attached hydrogens (tertiary/aromatic N) is 3. The number of sulfonamides is 1. The Morgan fingerprint density at radius 3 is 2.55 bits per heavy atom. The molecule has 6 rings (SSSR count). The monoisotopic (exact) mass is 645 g/mol. The third-order valence-corrected chi connectivity index (χ3v) is 11.1. The smallest absolute Gasteiger partial charge is 0.265 e. The van der Waals surface area contributed by atoms with Crippen molar-refractivity contribution in [2.45, 2.75) is 99.4 Å². The largest absolute Gasteiger partial charge is 0.393 e. The average Bonchev–Trinajstić information content (AvgIpc) is 3.57. The van der Waals surface area contributed by atoms with Crippen LogP contribution in [0, 0.1) is 18.6 Å². The quantitative estimate of drug-likeness (QED) is 0.202. The van der Waals surface area contributed by atoms with E-state index >= 15 is 0 Å². The average molecular weight is 646 g/mol. The molecule has 1 saturated heterocycles. The summed E-state index contributed by atoms with van der Waals surface area (Å²) >= 11 is 1.41. The third-order valence-electron chi connectivity index (χ3n) is 8.26. The van der Waals surface area contributed by atoms with Crippen LogP contribution >= 0.6 is 11.8 Å². The van der Waals surface area contributed by atoms with Crippen LogP contribution in [0.25, 0.3) is 0 Å². The number of rotatable bonds is 10. The van der Waals surface area contributed by atoms with E-state index in [1.54, 1.807) is 24.3 Å². The van der Waals surface area contributed by atoms with E-state index in [1.807, 2.05) is 27.7 Å². The highest BCUT2D eigenvalue weighted by Crippen LogP contribution is 2.50. The Bertz CT molecular complexity index is 1660. The van der Waals surface area contributed by atoms with Gasteiger partial charge in [-0.25, -0.2) is 31.5 Å². The van der Waals surface area contributed by atoms with Gasteiger partial charge in [-0.15, -0.1) is 0 Å². The summed E-state index contributed by atoms with van der Waals surface area (Å²) in [4.78, 5) is 9.50. The Labute approximate surface area is 261 Å². The molecule has 1 aromatic heterocycles. The second kappa shape index (κ2) is 11.7. The van der Waals surface area contributed by atoms with Crippen molar-refractivity contribution >= 4 is 39.1 Å². The number of anilines is 3. The number of ether oxygens (including phenoxy) is 2. The molecule has 0 unspecified atom stereocenters. The second-order valence-electron chi connectivity index (χ2n) is 12.1. The summed E-state index contributed by atoms with van der Waals surface area (Å²) < 4.78 is 70.2. The minimum atomic E-state index is -4.19. The van der Waals surface area contributed by atoms with Gasteiger partial charge in [0.25, 0.3) is 10.0 Å². The second-order valence-corrected chi connectivity index (χ2v) is 15.0. The highest BCUT2D eigenvalue weighted by molar-refractivity contribution is 7.99. The van der Waals surface area contributed by atoms with Gasteiger partial charge < -0.3 is 20.5 Å². The fraction of sp³-hybridized carbons (Fsp3) is 0.484. The van der Waals surface area contributed by atoms with E-state index < -0.39 is 33.5 Å². The number of hydrogen-bond donors (Lipinski definition) is 2. The summed E-state index contributed by atoms with van der Waals surface area (Å²) in [6, 6.07) is 9.44. The van der Waals surface area contributed by atoms with Gasteiger partial charge in [0.1, 0.15) is 11.8 Å². The zero-order valence-electron chi connectivity index (χ0n) is 25.1. The molecule has 3 N–H and O–H groups in total. The zero-order chi connectivity index (χ0) is 31.4. The van der Waals surface area contributed by atoms with Crippen LogP contribution in [0.4, 0.5) is 26.1 Å². The van der Waals surface area contributed by atoms with Crippen molar-refractivity contribution in [3.63, 3.8) is 0 Å². The Hall–Kier alpha value is -3.00. The first kappa shape index (κ1) is 31.0. The van der Waals surface area contributed by atoms with E-state index in [1.165, 1.54) is 22.1 Å². The number of aromatic nitrogens is 2. The molecule has 3 fully saturated rings. The molecule has 44 heavy (non-hydrogen) atoms. The predicted molar refractivity (Wildman–Crippen MR) is 166 cm³/mol. The van der Waals surface area contributed by atoms with Crippen LogP contribution in [0.2, 0.25) is 0 Å². The first-order chi connectivity index (χ1) is 20.9. The SMILES string of the molecule is CCCSc1nc(N[C@@H]2CC[C@H]3OC(C)(C)O[C@@H]23)c(N)c(N([C@@H]2C[C@H]2c2ccc(F)c(F)c2)S(=O)(=O)c2ccc(C)cc2)n1. The maximum absolute atomic E-state index is 14.4. The lowest BCUT2D eigenvalue weighted by Gasteiger charge is -2.28. The number of hydrogen-bond acceptors (Lipinski definition) is 9. The summed E-state index contributed by atoms with van der Waals surface area (Å²) in [6.07, 6.45) is 2.51. The molecule has 2 aliphatic carbocycles. The number of thioether (sulfide) groups is 1. The zero-order valence-corrected chi connectivity index (χ0v) is 26.7. The number of nitrogens with two attached hydrogens (primary N) is 1. The highest BCUT2D eigenvalue weighted by Gasteiger charge is 2.51. The van der Waals surface area contributed by atoms with Crippen LogP contribution in [0.1, 0.15) is 63.5 Å². The highest BCUT2D eigenvalue weighted by atomic mass is 32.2. The lowest BCUT2D eigenvalue weighted by molar-refractivity contribution is -0.152. The fourth-order valence-electron chi connectivity index (χ4n) is 6.05. The Balaban J connectivity index is 1.43. The van der Waals surface area contributed by atoms with E-state index in [9.17, 15) is 17.2 Å². The van der Waals surface area contributed by atoms with Crippen LogP contribution in [0.5, 0.6) is 0 Å². The van der Waals surface area contributed by atoms with Gasteiger partial charge in [-0.2, -0.15) is 0 Å². The Morgan fingerprint density at radius 1 is 1.09 bits per heavy atom. The summed E-state index contributed by atoms with van der Waals surface area (Å²) in [5.74, 6) is -1.95. The minimum absolute atomic E-state index is 0.0511. The normalized spacial score (nSPS) is 25.5. The van der Waals surface area contributed by atoms with Gasteiger partial charge in [-0.3, -0.25) is 0 Å². The summed E-state index contributed by atoms with van der Waals surface area (Å²) in [5.41, 5.74) is 8.25. The molecular formula is C31H37F2N5O4S2. The van der Waals surface area contributed by atoms with Crippen molar-refractivity contribution in [2.24, 2.45) is 0 Å². The van der Waals surface area contributed by atoms with Gasteiger partial charge in [0.05, 0.1) is 23.1 Å². The number of fused-ring (bicyclic) bond motifs is 1. The van der Waals surface area contributed by atoms with Crippen molar-refractivity contribution in [1.82, 2.24) is 9.97 Å². The number of nitrogens with one attached hydrogen (secondary N) is 1. The van der Waals surface area contributed by atoms with Gasteiger partial charge >= 0.3 is 0 Å². The molecule has 236 valence electrons. The molecule has 5 atom stereocenters. The summed E-state index contributed by atoms with van der Waals surface area (Å²) in [5, 5.41) is 3.82. The topological polar surface area (TPSA) is 120 Å². The van der Waals surface area contributed by atoms with Gasteiger partial charge in [-0.05, 0) is 76.3 Å². The Morgan fingerprint density at radius 2 is 1.84 bits per heavy atom. The molecular weight excluding hydrogens is 609 g/mol. The van der Waals surface area contributed by atoms with Gasteiger partial charge in [0.15, 0.2) is 34.2 Å². The molecule has 9 nitrogen and oxygen atoms in total. The third kappa shape index (κ3) is 5.99. The summed E-state index contributed by atoms with van der Waals surface area (Å²) in [6.45, 7) is 7.67. The van der Waals surface area contributed by atoms with E-state index in [-0.39, 0.29) is 40.6 Å². The molecule has 0 amide bonds. The lowest BCUT2D eigenvalue weighted by Crippen LogP contribution is -2.37. The first-order valence-corrected chi connectivity index (χ1v) is 17.3. The lowest BCUT2D eigenvalue weighted by atomic mass is 10.1. The molecule has 0 radical (unpaired) electrons. The molecule has 0 spiro atoms. The molecule has 2 heterocycles. The molecule has 13 heteroatoms. The maximum atomic E-state index is 14.4. The number of aryl methyl sites for hydroxylation is 1. The predicted octanol–water partition coefficient (Wildman–Crippen LogP) is 5.99. The number of halogens is 2. The number of nitrogen functional groups attached to an aromatic ring is 1. The van der Waals surface area contributed by atoms with Crippen LogP contribution in [0.3, 0.4) is 0 Å². The summed E-state index contributed by atoms with van der Waals surface area (Å²) in [7, 11) is -4.19. The molecule has 1 aliphatic heterocycles. The van der Waals surface area contributed by atoms with E-state index in [4.69, 9.17) is 25.2 Å². The van der Waals surface area contributed by atoms with Crippen molar-refractivity contribution < 1.29 is 26.7 Å². The molecule has 0 bridgehead atoms. The van der Waals surface area contributed by atoms with Crippen LogP contribution < -0.4 is 15.4 Å². The van der Waals surface area contributed by atoms with Gasteiger partial charge in [0.2, 0.25) is 0 Å². The fourth-order valence-corrected chi connectivity index (χ4v) is 8.41. The molecule has 3 aliphatic rings. The van der Waals surface area contributed by atoms with Crippen molar-refractivity contribution in [3.05, 3.63) is 65.2 Å². The molecule has 2 saturated carbocycles. The van der Waals surface area contributed by atoms with Gasteiger partial charge in [0, 0.05) is 11.7 Å². The minimum Gasteiger partial charge on any atom is -0.393 e. The van der Waals surface area contributed by atoms with E-state index in [0.717, 1.165) is 37.0 Å². The molecule has 3 aromatic rings. The van der Waals surface area contributed by atoms with Crippen molar-refractivity contribution in [3.8, 4) is 0 Å². The molecule has 2 aromatic carbocycles. The van der Waals surface area contributed by atoms with Crippen molar-refractivity contribution in [2.75, 3.05) is 21.1 Å². The van der Waals surface area contributed by atoms with E-state index in [0.29, 0.717) is 28.7 Å². The Kier molecular flexibility index (Phi) is 8.27. The first-order valence-electron chi connectivity index (χ1n) is 14.9. The van der Waals surface area contributed by atoms with E-state index in [2.05, 4.69) is 5.32 Å². The van der Waals surface area contributed by atoms with Crippen molar-refractivity contribution in [1.29, 1.82) is 0 Å². The van der Waals surface area contributed by atoms with Crippen LogP contribution in [-0.2, 0) is 19.5 Å². The maximum Gasteiger partial charge on any atom is 0.265 e. The van der Waals surface area contributed by atoms with Crippen LogP contribution in [-0.4, -0.2) is 54.2 Å². The van der Waals surface area contributed by atoms with Gasteiger partial charge in [-0.1, -0.05) is 42.4 Å². The number of benzene rings is 2. The standard InChI is InChI=1S/C31H37F2N5O4S2/c1-5-14-43-30-36-28(35-23-12-13-25-27(23)42-31(3,4)41-25)26(34)29(37-30)38(44(39,40)19-9-6-17(2)7-10-19)24-16-20(24)18-8-11-21(32)22(33)15-18/h6-11,15,20,23-25,27H,5,12-14,16,34H2,1-4H3,(H,35,36,37)/t20-,23+,24+,25+,27-/m0/s1. The van der Waals surface area contributed by atoms with Crippen LogP contribution in [0.15, 0.2) is 52.5 Å².